The molecule has 6 heteroatoms. The molecule has 0 radical (unpaired) electrons. The first-order valence-corrected chi connectivity index (χ1v) is 6.20. The number of anilines is 1. The molecule has 0 unspecified atom stereocenters. The van der Waals surface area contributed by atoms with Crippen molar-refractivity contribution in [3.05, 3.63) is 47.0 Å². The fourth-order valence-electron chi connectivity index (χ4n) is 1.40. The Morgan fingerprint density at radius 3 is 2.95 bits per heavy atom. The van der Waals surface area contributed by atoms with Gasteiger partial charge in [0.2, 0.25) is 0 Å². The summed E-state index contributed by atoms with van der Waals surface area (Å²) in [7, 11) is 0. The Morgan fingerprint density at radius 2 is 2.25 bits per heavy atom. The Hall–Kier alpha value is -2.29. The maximum atomic E-state index is 11.8. The largest absolute Gasteiger partial charge is 0.440 e. The van der Waals surface area contributed by atoms with Crippen LogP contribution in [0.15, 0.2) is 34.7 Å². The van der Waals surface area contributed by atoms with Crippen LogP contribution >= 0.6 is 11.6 Å². The van der Waals surface area contributed by atoms with E-state index in [2.05, 4.69) is 22.1 Å². The molecule has 2 rings (SSSR count). The number of carbonyl (C=O) groups is 1. The number of aromatic nitrogens is 1. The molecule has 102 valence electrons. The first kappa shape index (κ1) is 14.1. The topological polar surface area (TPSA) is 75.4 Å². The van der Waals surface area contributed by atoms with Gasteiger partial charge in [0, 0.05) is 6.42 Å². The minimum atomic E-state index is -0.440. The third-order valence-corrected chi connectivity index (χ3v) is 2.44. The van der Waals surface area contributed by atoms with Gasteiger partial charge in [-0.15, -0.1) is 0 Å². The second-order valence-electron chi connectivity index (χ2n) is 3.74. The number of pyridine rings is 1. The van der Waals surface area contributed by atoms with E-state index in [-0.39, 0.29) is 17.6 Å². The monoisotopic (exact) mass is 290 g/mol. The van der Waals surface area contributed by atoms with Crippen LogP contribution < -0.4 is 5.32 Å². The Morgan fingerprint density at radius 1 is 1.40 bits per heavy atom. The standard InChI is InChI=1S/C14H11ClN2O3/c15-12-8-7-11(20-12)14(19)17-13-6-3-5-10(16-13)4-1-2-9-18/h3,5-8,18H,2,9H2,(H,16,17,19). The lowest BCUT2D eigenvalue weighted by Crippen LogP contribution is -2.12. The van der Waals surface area contributed by atoms with Crippen molar-refractivity contribution in [2.75, 3.05) is 11.9 Å². The van der Waals surface area contributed by atoms with E-state index in [0.717, 1.165) is 0 Å². The van der Waals surface area contributed by atoms with E-state index in [1.54, 1.807) is 18.2 Å². The predicted molar refractivity (Wildman–Crippen MR) is 74.5 cm³/mol. The zero-order valence-corrected chi connectivity index (χ0v) is 11.1. The number of carbonyl (C=O) groups excluding carboxylic acids is 1. The van der Waals surface area contributed by atoms with E-state index >= 15 is 0 Å². The Balaban J connectivity index is 2.08. The second-order valence-corrected chi connectivity index (χ2v) is 4.11. The van der Waals surface area contributed by atoms with Crippen molar-refractivity contribution in [1.29, 1.82) is 0 Å². The summed E-state index contributed by atoms with van der Waals surface area (Å²) in [4.78, 5) is 16.0. The number of nitrogens with one attached hydrogen (secondary N) is 1. The lowest BCUT2D eigenvalue weighted by molar-refractivity contribution is 0.0996. The lowest BCUT2D eigenvalue weighted by Gasteiger charge is -2.02. The Kier molecular flexibility index (Phi) is 4.77. The molecule has 5 nitrogen and oxygen atoms in total. The molecule has 2 heterocycles. The van der Waals surface area contributed by atoms with E-state index in [1.807, 2.05) is 0 Å². The van der Waals surface area contributed by atoms with Crippen LogP contribution in [-0.4, -0.2) is 22.6 Å². The van der Waals surface area contributed by atoms with Crippen LogP contribution in [0, 0.1) is 11.8 Å². The second kappa shape index (κ2) is 6.75. The predicted octanol–water partition coefficient (Wildman–Crippen LogP) is 2.31. The smallest absolute Gasteiger partial charge is 0.292 e. The molecule has 0 aliphatic heterocycles. The Bertz CT molecular complexity index is 670. The van der Waals surface area contributed by atoms with Gasteiger partial charge in [-0.2, -0.15) is 0 Å². The van der Waals surface area contributed by atoms with Crippen molar-refractivity contribution in [3.8, 4) is 11.8 Å². The van der Waals surface area contributed by atoms with Crippen LogP contribution in [0.3, 0.4) is 0 Å². The van der Waals surface area contributed by atoms with E-state index in [0.29, 0.717) is 17.9 Å². The van der Waals surface area contributed by atoms with Crippen molar-refractivity contribution in [1.82, 2.24) is 4.98 Å². The van der Waals surface area contributed by atoms with Crippen LogP contribution in [0.25, 0.3) is 0 Å². The van der Waals surface area contributed by atoms with Crippen LogP contribution in [0.4, 0.5) is 5.82 Å². The molecule has 0 aliphatic rings. The van der Waals surface area contributed by atoms with Crippen molar-refractivity contribution in [2.45, 2.75) is 6.42 Å². The molecule has 0 bridgehead atoms. The molecule has 0 atom stereocenters. The van der Waals surface area contributed by atoms with Gasteiger partial charge in [-0.05, 0) is 41.8 Å². The molecule has 0 saturated carbocycles. The molecule has 0 spiro atoms. The molecule has 0 saturated heterocycles. The highest BCUT2D eigenvalue weighted by atomic mass is 35.5. The molecule has 2 aromatic heterocycles. The van der Waals surface area contributed by atoms with Crippen molar-refractivity contribution in [3.63, 3.8) is 0 Å². The third kappa shape index (κ3) is 3.85. The normalized spacial score (nSPS) is 9.70. The summed E-state index contributed by atoms with van der Waals surface area (Å²) in [6.45, 7) is 0.00266. The van der Waals surface area contributed by atoms with E-state index < -0.39 is 5.91 Å². The molecule has 20 heavy (non-hydrogen) atoms. The van der Waals surface area contributed by atoms with E-state index in [4.69, 9.17) is 21.1 Å². The minimum Gasteiger partial charge on any atom is -0.440 e. The van der Waals surface area contributed by atoms with E-state index in [1.165, 1.54) is 12.1 Å². The van der Waals surface area contributed by atoms with E-state index in [9.17, 15) is 4.79 Å². The van der Waals surface area contributed by atoms with Crippen LogP contribution in [0.1, 0.15) is 22.7 Å². The number of furan rings is 1. The molecular weight excluding hydrogens is 280 g/mol. The van der Waals surface area contributed by atoms with Crippen molar-refractivity contribution < 1.29 is 14.3 Å². The summed E-state index contributed by atoms with van der Waals surface area (Å²) in [6.07, 6.45) is 0.378. The van der Waals surface area contributed by atoms with Gasteiger partial charge in [-0.25, -0.2) is 4.98 Å². The number of rotatable bonds is 3. The summed E-state index contributed by atoms with van der Waals surface area (Å²) >= 11 is 5.60. The fraction of sp³-hybridized carbons (Fsp3) is 0.143. The van der Waals surface area contributed by atoms with Crippen molar-refractivity contribution in [2.24, 2.45) is 0 Å². The van der Waals surface area contributed by atoms with Gasteiger partial charge < -0.3 is 14.8 Å². The molecular formula is C14H11ClN2O3. The number of hydrogen-bond donors (Lipinski definition) is 2. The molecule has 1 amide bonds. The first-order valence-electron chi connectivity index (χ1n) is 5.82. The molecule has 2 aromatic rings. The maximum Gasteiger partial charge on any atom is 0.292 e. The van der Waals surface area contributed by atoms with Gasteiger partial charge in [0.1, 0.15) is 11.5 Å². The summed E-state index contributed by atoms with van der Waals surface area (Å²) in [5, 5.41) is 11.4. The highest BCUT2D eigenvalue weighted by Crippen LogP contribution is 2.14. The first-order chi connectivity index (χ1) is 9.69. The summed E-state index contributed by atoms with van der Waals surface area (Å²) in [6, 6.07) is 8.04. The minimum absolute atomic E-state index is 0.00266. The maximum absolute atomic E-state index is 11.8. The quantitative estimate of drug-likeness (QED) is 0.851. The fourth-order valence-corrected chi connectivity index (χ4v) is 1.54. The number of aliphatic hydroxyl groups is 1. The number of aliphatic hydroxyl groups excluding tert-OH is 1. The Labute approximate surface area is 120 Å². The summed E-state index contributed by atoms with van der Waals surface area (Å²) in [5.74, 6) is 5.57. The van der Waals surface area contributed by atoms with Gasteiger partial charge in [0.05, 0.1) is 6.61 Å². The van der Waals surface area contributed by atoms with Crippen LogP contribution in [0.5, 0.6) is 0 Å². The van der Waals surface area contributed by atoms with Gasteiger partial charge in [0.15, 0.2) is 11.0 Å². The molecule has 0 aliphatic carbocycles. The zero-order chi connectivity index (χ0) is 14.4. The van der Waals surface area contributed by atoms with Crippen LogP contribution in [0.2, 0.25) is 5.22 Å². The third-order valence-electron chi connectivity index (χ3n) is 2.24. The lowest BCUT2D eigenvalue weighted by atomic mass is 10.3. The summed E-state index contributed by atoms with van der Waals surface area (Å²) < 4.78 is 5.00. The summed E-state index contributed by atoms with van der Waals surface area (Å²) in [5.41, 5.74) is 0.508. The average Bonchev–Trinajstić information content (AvgIpc) is 2.86. The number of nitrogens with zero attached hydrogens (tertiary/aromatic N) is 1. The number of halogens is 1. The number of hydrogen-bond acceptors (Lipinski definition) is 4. The van der Waals surface area contributed by atoms with Gasteiger partial charge >= 0.3 is 0 Å². The SMILES string of the molecule is O=C(Nc1cccc(C#CCCO)n1)c1ccc(Cl)o1. The zero-order valence-electron chi connectivity index (χ0n) is 10.4. The highest BCUT2D eigenvalue weighted by molar-refractivity contribution is 6.29. The highest BCUT2D eigenvalue weighted by Gasteiger charge is 2.11. The molecule has 0 aromatic carbocycles. The molecule has 2 N–H and O–H groups in total. The van der Waals surface area contributed by atoms with Crippen LogP contribution in [-0.2, 0) is 0 Å². The average molecular weight is 291 g/mol. The van der Waals surface area contributed by atoms with Gasteiger partial charge in [-0.3, -0.25) is 4.79 Å². The van der Waals surface area contributed by atoms with Gasteiger partial charge in [-0.1, -0.05) is 12.0 Å². The number of amides is 1. The van der Waals surface area contributed by atoms with Crippen molar-refractivity contribution >= 4 is 23.3 Å². The molecule has 0 fully saturated rings. The van der Waals surface area contributed by atoms with Gasteiger partial charge in [0.25, 0.3) is 5.91 Å².